The first-order chi connectivity index (χ1) is 19.1. The Labute approximate surface area is 235 Å². The number of anilines is 1. The average molecular weight is 551 g/mol. The smallest absolute Gasteiger partial charge is 0.339 e. The second-order valence-corrected chi connectivity index (χ2v) is 12.2. The van der Waals surface area contributed by atoms with E-state index in [4.69, 9.17) is 11.5 Å². The van der Waals surface area contributed by atoms with Gasteiger partial charge in [0.05, 0.1) is 11.1 Å². The van der Waals surface area contributed by atoms with E-state index >= 15 is 0 Å². The van der Waals surface area contributed by atoms with Gasteiger partial charge in [0.1, 0.15) is 5.82 Å². The summed E-state index contributed by atoms with van der Waals surface area (Å²) in [5.41, 5.74) is 12.4. The highest BCUT2D eigenvalue weighted by Crippen LogP contribution is 2.51. The molecule has 0 spiro atoms. The van der Waals surface area contributed by atoms with Crippen LogP contribution in [-0.4, -0.2) is 94.6 Å². The van der Waals surface area contributed by atoms with Crippen molar-refractivity contribution in [2.75, 3.05) is 57.7 Å². The molecule has 216 valence electrons. The molecule has 3 heterocycles. The normalized spacial score (nSPS) is 23.6. The third-order valence-corrected chi connectivity index (χ3v) is 9.02. The van der Waals surface area contributed by atoms with Crippen molar-refractivity contribution >= 4 is 17.8 Å². The lowest BCUT2D eigenvalue weighted by Crippen LogP contribution is -2.55. The Bertz CT molecular complexity index is 1270. The largest absolute Gasteiger partial charge is 0.354 e. The maximum atomic E-state index is 12.8. The maximum Gasteiger partial charge on any atom is 0.354 e. The van der Waals surface area contributed by atoms with Crippen LogP contribution in [0.25, 0.3) is 5.69 Å². The third-order valence-electron chi connectivity index (χ3n) is 9.02. The number of benzene rings is 1. The molecule has 2 aliphatic heterocycles. The Balaban J connectivity index is 1.13. The third kappa shape index (κ3) is 5.77. The Hall–Kier alpha value is -3.28. The monoisotopic (exact) mass is 550 g/mol. The Morgan fingerprint density at radius 2 is 1.65 bits per heavy atom. The van der Waals surface area contributed by atoms with Crippen LogP contribution in [-0.2, 0) is 11.2 Å². The van der Waals surface area contributed by atoms with Crippen molar-refractivity contribution in [2.45, 2.75) is 33.2 Å². The van der Waals surface area contributed by atoms with E-state index in [1.807, 2.05) is 26.0 Å². The number of hydrogen-bond donors (Lipinski definition) is 3. The lowest BCUT2D eigenvalue weighted by molar-refractivity contribution is -0.141. The number of carbonyl (C=O) groups excluding carboxylic acids is 2. The van der Waals surface area contributed by atoms with Crippen molar-refractivity contribution < 1.29 is 9.59 Å². The number of piperazine rings is 1. The molecule has 1 saturated carbocycles. The molecule has 11 heteroatoms. The number of nitrogens with zero attached hydrogens (tertiary/aromatic N) is 5. The number of aromatic nitrogens is 2. The van der Waals surface area contributed by atoms with E-state index in [0.717, 1.165) is 49.5 Å². The molecule has 3 fully saturated rings. The highest BCUT2D eigenvalue weighted by atomic mass is 16.2. The summed E-state index contributed by atoms with van der Waals surface area (Å²) in [5.74, 6) is 2.50. The molecule has 1 aromatic carbocycles. The first kappa shape index (κ1) is 28.3. The fraction of sp³-hybridized carbons (Fsp3) is 0.586. The quantitative estimate of drug-likeness (QED) is 0.444. The van der Waals surface area contributed by atoms with Crippen LogP contribution in [0.5, 0.6) is 0 Å². The van der Waals surface area contributed by atoms with Gasteiger partial charge < -0.3 is 21.3 Å². The first-order valence-corrected chi connectivity index (χ1v) is 14.3. The topological polar surface area (TPSA) is 143 Å². The van der Waals surface area contributed by atoms with Crippen LogP contribution in [0.15, 0.2) is 41.3 Å². The molecule has 2 saturated heterocycles. The number of hydrogen-bond acceptors (Lipinski definition) is 7. The molecule has 5 N–H and O–H groups in total. The molecular formula is C29H42N8O3. The number of fused-ring (bicyclic) bond motifs is 1. The lowest BCUT2D eigenvalue weighted by Gasteiger charge is -2.38. The van der Waals surface area contributed by atoms with Crippen LogP contribution in [0.3, 0.4) is 0 Å². The molecule has 3 aliphatic rings. The number of amides is 3. The summed E-state index contributed by atoms with van der Waals surface area (Å²) >= 11 is 0. The lowest BCUT2D eigenvalue weighted by atomic mass is 9.91. The molecule has 3 amide bonds. The molecule has 0 bridgehead atoms. The molecule has 4 atom stereocenters. The Morgan fingerprint density at radius 3 is 2.23 bits per heavy atom. The van der Waals surface area contributed by atoms with Gasteiger partial charge in [0, 0.05) is 58.1 Å². The van der Waals surface area contributed by atoms with Gasteiger partial charge in [-0.2, -0.15) is 4.98 Å². The molecular weight excluding hydrogens is 508 g/mol. The van der Waals surface area contributed by atoms with E-state index in [1.165, 1.54) is 10.1 Å². The van der Waals surface area contributed by atoms with Gasteiger partial charge in [-0.05, 0) is 75.3 Å². The zero-order chi connectivity index (χ0) is 28.6. The second-order valence-electron chi connectivity index (χ2n) is 12.2. The molecule has 2 aromatic rings. The van der Waals surface area contributed by atoms with Gasteiger partial charge in [0.25, 0.3) is 0 Å². The minimum Gasteiger partial charge on any atom is -0.339 e. The summed E-state index contributed by atoms with van der Waals surface area (Å²) in [7, 11) is 0. The average Bonchev–Trinajstić information content (AvgIpc) is 3.42. The summed E-state index contributed by atoms with van der Waals surface area (Å²) in [5, 5.41) is 2.71. The van der Waals surface area contributed by atoms with Crippen LogP contribution in [0.1, 0.15) is 26.3 Å². The summed E-state index contributed by atoms with van der Waals surface area (Å²) in [4.78, 5) is 48.2. The number of nitrogens with one attached hydrogen (secondary N) is 1. The number of carbonyl (C=O) groups is 2. The SMILES string of the molecule is CC(Cc1ccc(-n2ccc(NC(=O)N3CCN(C(=O)C(C)(C)CN)CC3)nc2=O)cc1)N1C[C@@H]2[C@@H](CN)[C@@H]2C1. The number of rotatable bonds is 8. The van der Waals surface area contributed by atoms with Crippen LogP contribution in [0.2, 0.25) is 0 Å². The fourth-order valence-electron chi connectivity index (χ4n) is 6.14. The highest BCUT2D eigenvalue weighted by molar-refractivity contribution is 5.88. The Kier molecular flexibility index (Phi) is 7.98. The van der Waals surface area contributed by atoms with Crippen LogP contribution in [0.4, 0.5) is 10.6 Å². The molecule has 1 aliphatic carbocycles. The van der Waals surface area contributed by atoms with E-state index in [1.54, 1.807) is 22.1 Å². The minimum absolute atomic E-state index is 0.00760. The van der Waals surface area contributed by atoms with E-state index < -0.39 is 11.1 Å². The van der Waals surface area contributed by atoms with Gasteiger partial charge in [0.2, 0.25) is 5.91 Å². The van der Waals surface area contributed by atoms with Gasteiger partial charge in [0.15, 0.2) is 0 Å². The second kappa shape index (κ2) is 11.3. The predicted octanol–water partition coefficient (Wildman–Crippen LogP) is 0.961. The van der Waals surface area contributed by atoms with Crippen molar-refractivity contribution in [3.8, 4) is 5.69 Å². The zero-order valence-electron chi connectivity index (χ0n) is 23.8. The van der Waals surface area contributed by atoms with Gasteiger partial charge in [-0.3, -0.25) is 19.6 Å². The predicted molar refractivity (Wildman–Crippen MR) is 154 cm³/mol. The van der Waals surface area contributed by atoms with Gasteiger partial charge in [-0.15, -0.1) is 0 Å². The fourth-order valence-corrected chi connectivity index (χ4v) is 6.14. The molecule has 1 unspecified atom stereocenters. The standard InChI is InChI=1S/C29H42N8O3/c1-19(36-16-23-22(15-30)24(23)17-36)14-20-4-6-21(7-5-20)37-9-8-25(33-28(37)40)32-27(39)35-12-10-34(11-13-35)26(38)29(2,3)18-31/h4-9,19,22-24H,10-18,30-31H2,1-3H3,(H,32,33,39,40)/t19?,22-,23-,24+. The zero-order valence-corrected chi connectivity index (χ0v) is 23.8. The van der Waals surface area contributed by atoms with E-state index in [0.29, 0.717) is 32.2 Å². The molecule has 40 heavy (non-hydrogen) atoms. The highest BCUT2D eigenvalue weighted by Gasteiger charge is 2.55. The van der Waals surface area contributed by atoms with Crippen molar-refractivity contribution in [2.24, 2.45) is 34.6 Å². The summed E-state index contributed by atoms with van der Waals surface area (Å²) in [6.45, 7) is 11.0. The maximum absolute atomic E-state index is 12.8. The Morgan fingerprint density at radius 1 is 1.02 bits per heavy atom. The van der Waals surface area contributed by atoms with Gasteiger partial charge >= 0.3 is 11.7 Å². The van der Waals surface area contributed by atoms with Crippen LogP contribution in [0, 0.1) is 23.2 Å². The number of urea groups is 1. The summed E-state index contributed by atoms with van der Waals surface area (Å²) < 4.78 is 1.47. The van der Waals surface area contributed by atoms with Gasteiger partial charge in [-0.25, -0.2) is 9.59 Å². The molecule has 1 aromatic heterocycles. The van der Waals surface area contributed by atoms with E-state index in [9.17, 15) is 14.4 Å². The van der Waals surface area contributed by atoms with Gasteiger partial charge in [-0.1, -0.05) is 12.1 Å². The van der Waals surface area contributed by atoms with Crippen molar-refractivity contribution in [1.29, 1.82) is 0 Å². The number of piperidine rings is 1. The molecule has 11 nitrogen and oxygen atoms in total. The van der Waals surface area contributed by atoms with Crippen LogP contribution < -0.4 is 22.5 Å². The summed E-state index contributed by atoms with van der Waals surface area (Å²) in [6, 6.07) is 9.72. The molecule has 0 radical (unpaired) electrons. The first-order valence-electron chi connectivity index (χ1n) is 14.3. The van der Waals surface area contributed by atoms with E-state index in [-0.39, 0.29) is 24.3 Å². The van der Waals surface area contributed by atoms with Crippen LogP contribution >= 0.6 is 0 Å². The van der Waals surface area contributed by atoms with Crippen molar-refractivity contribution in [3.05, 3.63) is 52.6 Å². The summed E-state index contributed by atoms with van der Waals surface area (Å²) in [6.07, 6.45) is 2.58. The minimum atomic E-state index is -0.625. The van der Waals surface area contributed by atoms with Crippen molar-refractivity contribution in [1.82, 2.24) is 24.3 Å². The number of likely N-dealkylation sites (tertiary alicyclic amines) is 1. The number of nitrogens with two attached hydrogens (primary N) is 2. The van der Waals surface area contributed by atoms with Crippen molar-refractivity contribution in [3.63, 3.8) is 0 Å². The van der Waals surface area contributed by atoms with E-state index in [2.05, 4.69) is 34.3 Å². The molecule has 5 rings (SSSR count).